The van der Waals surface area contributed by atoms with Crippen molar-refractivity contribution in [2.75, 3.05) is 32.5 Å². The molecule has 1 rings (SSSR count). The maximum absolute atomic E-state index is 12.6. The molecule has 0 saturated heterocycles. The molecule has 0 fully saturated rings. The Morgan fingerprint density at radius 3 is 2.60 bits per heavy atom. The van der Waals surface area contributed by atoms with Gasteiger partial charge in [0, 0.05) is 18.7 Å². The number of quaternary nitrogens is 1. The first-order chi connectivity index (χ1) is 9.29. The van der Waals surface area contributed by atoms with Crippen LogP contribution in [0.2, 0.25) is 0 Å². The van der Waals surface area contributed by atoms with E-state index in [9.17, 15) is 13.2 Å². The molecule has 112 valence electrons. The van der Waals surface area contributed by atoms with Crippen LogP contribution in [0.25, 0.3) is 0 Å². The van der Waals surface area contributed by atoms with Gasteiger partial charge in [0.25, 0.3) is 0 Å². The standard InChI is InChI=1S/C13H18F3N3S/c1-19(2)8-4-7-17-12(20)18-11-6-3-5-10(9-11)13(14,15)16/h3,5-6,9H,4,7-8H2,1-2H3,(H2,17,18,20)/p+1. The Labute approximate surface area is 122 Å². The van der Waals surface area contributed by atoms with Crippen molar-refractivity contribution in [1.29, 1.82) is 0 Å². The van der Waals surface area contributed by atoms with Gasteiger partial charge in [-0.1, -0.05) is 6.07 Å². The van der Waals surface area contributed by atoms with Gasteiger partial charge in [-0.3, -0.25) is 0 Å². The maximum atomic E-state index is 12.6. The molecule has 0 aliphatic rings. The highest BCUT2D eigenvalue weighted by Crippen LogP contribution is 2.30. The van der Waals surface area contributed by atoms with Crippen LogP contribution in [-0.2, 0) is 6.18 Å². The van der Waals surface area contributed by atoms with Crippen molar-refractivity contribution in [3.63, 3.8) is 0 Å². The number of hydrogen-bond donors (Lipinski definition) is 3. The molecule has 0 saturated carbocycles. The second-order valence-corrected chi connectivity index (χ2v) is 5.18. The summed E-state index contributed by atoms with van der Waals surface area (Å²) < 4.78 is 37.7. The minimum absolute atomic E-state index is 0.329. The van der Waals surface area contributed by atoms with Crippen LogP contribution in [0.1, 0.15) is 12.0 Å². The fraction of sp³-hybridized carbons (Fsp3) is 0.462. The molecule has 20 heavy (non-hydrogen) atoms. The molecular formula is C13H19F3N3S+. The normalized spacial score (nSPS) is 11.5. The molecule has 0 bridgehead atoms. The molecule has 0 radical (unpaired) electrons. The number of halogens is 3. The third-order valence-electron chi connectivity index (χ3n) is 2.59. The van der Waals surface area contributed by atoms with Gasteiger partial charge < -0.3 is 15.5 Å². The van der Waals surface area contributed by atoms with E-state index in [2.05, 4.69) is 24.7 Å². The molecule has 0 amide bonds. The highest BCUT2D eigenvalue weighted by Gasteiger charge is 2.30. The Kier molecular flexibility index (Phi) is 6.22. The molecule has 0 heterocycles. The van der Waals surface area contributed by atoms with E-state index in [1.807, 2.05) is 0 Å². The second-order valence-electron chi connectivity index (χ2n) is 4.77. The molecule has 1 aromatic carbocycles. The molecule has 0 spiro atoms. The second kappa shape index (κ2) is 7.44. The van der Waals surface area contributed by atoms with Crippen LogP contribution in [0.3, 0.4) is 0 Å². The van der Waals surface area contributed by atoms with E-state index in [-0.39, 0.29) is 0 Å². The van der Waals surface area contributed by atoms with E-state index in [0.29, 0.717) is 17.3 Å². The van der Waals surface area contributed by atoms with Crippen molar-refractivity contribution in [3.05, 3.63) is 29.8 Å². The monoisotopic (exact) mass is 306 g/mol. The average Bonchev–Trinajstić information content (AvgIpc) is 2.34. The van der Waals surface area contributed by atoms with Crippen molar-refractivity contribution >= 4 is 23.0 Å². The summed E-state index contributed by atoms with van der Waals surface area (Å²) in [5, 5.41) is 6.06. The zero-order valence-electron chi connectivity index (χ0n) is 11.5. The lowest BCUT2D eigenvalue weighted by molar-refractivity contribution is -0.858. The molecule has 3 N–H and O–H groups in total. The summed E-state index contributed by atoms with van der Waals surface area (Å²) >= 11 is 5.04. The van der Waals surface area contributed by atoms with Crippen molar-refractivity contribution in [1.82, 2.24) is 5.32 Å². The SMILES string of the molecule is C[NH+](C)CCCNC(=S)Nc1cccc(C(F)(F)F)c1. The summed E-state index contributed by atoms with van der Waals surface area (Å²) in [5.74, 6) is 0. The van der Waals surface area contributed by atoms with E-state index in [1.54, 1.807) is 6.07 Å². The molecule has 3 nitrogen and oxygen atoms in total. The highest BCUT2D eigenvalue weighted by atomic mass is 32.1. The van der Waals surface area contributed by atoms with Crippen molar-refractivity contribution in [2.24, 2.45) is 0 Å². The maximum Gasteiger partial charge on any atom is 0.416 e. The number of nitrogens with one attached hydrogen (secondary N) is 3. The van der Waals surface area contributed by atoms with Gasteiger partial charge in [-0.05, 0) is 30.4 Å². The predicted molar refractivity (Wildman–Crippen MR) is 78.0 cm³/mol. The molecule has 7 heteroatoms. The van der Waals surface area contributed by atoms with Crippen LogP contribution < -0.4 is 15.5 Å². The molecule has 0 unspecified atom stereocenters. The Morgan fingerprint density at radius 2 is 2.00 bits per heavy atom. The van der Waals surface area contributed by atoms with E-state index in [0.717, 1.165) is 25.1 Å². The third kappa shape index (κ3) is 6.21. The van der Waals surface area contributed by atoms with Crippen LogP contribution in [0.5, 0.6) is 0 Å². The largest absolute Gasteiger partial charge is 0.416 e. The molecule has 0 aliphatic carbocycles. The van der Waals surface area contributed by atoms with Gasteiger partial charge >= 0.3 is 6.18 Å². The Hall–Kier alpha value is -1.34. The molecule has 0 aromatic heterocycles. The minimum Gasteiger partial charge on any atom is -0.362 e. The Balaban J connectivity index is 2.46. The zero-order chi connectivity index (χ0) is 15.2. The summed E-state index contributed by atoms with van der Waals surface area (Å²) in [5.41, 5.74) is -0.364. The fourth-order valence-electron chi connectivity index (χ4n) is 1.59. The van der Waals surface area contributed by atoms with Gasteiger partial charge in [-0.2, -0.15) is 13.2 Å². The number of benzene rings is 1. The summed E-state index contributed by atoms with van der Waals surface area (Å²) in [6.45, 7) is 1.69. The van der Waals surface area contributed by atoms with Crippen molar-refractivity contribution in [3.8, 4) is 0 Å². The lowest BCUT2D eigenvalue weighted by atomic mass is 10.2. The Bertz CT molecular complexity index is 447. The highest BCUT2D eigenvalue weighted by molar-refractivity contribution is 7.80. The summed E-state index contributed by atoms with van der Waals surface area (Å²) in [6, 6.07) is 4.97. The third-order valence-corrected chi connectivity index (χ3v) is 2.83. The lowest BCUT2D eigenvalue weighted by Crippen LogP contribution is -3.05. The van der Waals surface area contributed by atoms with Crippen LogP contribution in [0.15, 0.2) is 24.3 Å². The van der Waals surface area contributed by atoms with Crippen LogP contribution in [0.4, 0.5) is 18.9 Å². The van der Waals surface area contributed by atoms with Gasteiger partial charge in [0.2, 0.25) is 0 Å². The quantitative estimate of drug-likeness (QED) is 0.569. The number of alkyl halides is 3. The number of rotatable bonds is 5. The van der Waals surface area contributed by atoms with Crippen LogP contribution in [0, 0.1) is 0 Å². The average molecular weight is 306 g/mol. The Morgan fingerprint density at radius 1 is 1.30 bits per heavy atom. The smallest absolute Gasteiger partial charge is 0.362 e. The fourth-order valence-corrected chi connectivity index (χ4v) is 1.81. The van der Waals surface area contributed by atoms with Gasteiger partial charge in [0.05, 0.1) is 26.2 Å². The van der Waals surface area contributed by atoms with Crippen molar-refractivity contribution in [2.45, 2.75) is 12.6 Å². The van der Waals surface area contributed by atoms with Gasteiger partial charge in [0.15, 0.2) is 5.11 Å². The summed E-state index contributed by atoms with van der Waals surface area (Å²) in [7, 11) is 4.11. The van der Waals surface area contributed by atoms with Gasteiger partial charge in [-0.15, -0.1) is 0 Å². The van der Waals surface area contributed by atoms with Gasteiger partial charge in [-0.25, -0.2) is 0 Å². The number of thiocarbonyl (C=S) groups is 1. The molecule has 0 atom stereocenters. The predicted octanol–water partition coefficient (Wildman–Crippen LogP) is 1.53. The van der Waals surface area contributed by atoms with E-state index < -0.39 is 11.7 Å². The lowest BCUT2D eigenvalue weighted by Gasteiger charge is -2.13. The number of hydrogen-bond acceptors (Lipinski definition) is 1. The molecule has 0 aliphatic heterocycles. The zero-order valence-corrected chi connectivity index (χ0v) is 12.3. The first-order valence-electron chi connectivity index (χ1n) is 6.30. The van der Waals surface area contributed by atoms with Crippen LogP contribution >= 0.6 is 12.2 Å². The summed E-state index contributed by atoms with van der Waals surface area (Å²) in [4.78, 5) is 1.34. The minimum atomic E-state index is -4.35. The van der Waals surface area contributed by atoms with Gasteiger partial charge in [0.1, 0.15) is 0 Å². The van der Waals surface area contributed by atoms with Crippen LogP contribution in [-0.4, -0.2) is 32.3 Å². The number of anilines is 1. The molecular weight excluding hydrogens is 287 g/mol. The summed E-state index contributed by atoms with van der Waals surface area (Å²) in [6.07, 6.45) is -3.41. The van der Waals surface area contributed by atoms with E-state index in [4.69, 9.17) is 12.2 Å². The van der Waals surface area contributed by atoms with E-state index in [1.165, 1.54) is 11.0 Å². The molecule has 1 aromatic rings. The van der Waals surface area contributed by atoms with E-state index >= 15 is 0 Å². The first-order valence-corrected chi connectivity index (χ1v) is 6.71. The van der Waals surface area contributed by atoms with Crippen molar-refractivity contribution < 1.29 is 18.1 Å². The topological polar surface area (TPSA) is 28.5 Å². The first kappa shape index (κ1) is 16.7.